The van der Waals surface area contributed by atoms with Crippen LogP contribution in [-0.2, 0) is 11.2 Å². The third-order valence-corrected chi connectivity index (χ3v) is 5.86. The zero-order valence-electron chi connectivity index (χ0n) is 16.6. The van der Waals surface area contributed by atoms with E-state index in [9.17, 15) is 4.79 Å². The maximum atomic E-state index is 12.6. The number of carbonyl (C=O) groups is 1. The van der Waals surface area contributed by atoms with Crippen LogP contribution in [0.25, 0.3) is 33.0 Å². The summed E-state index contributed by atoms with van der Waals surface area (Å²) in [6, 6.07) is 18.5. The van der Waals surface area contributed by atoms with Crippen LogP contribution in [0.2, 0.25) is 0 Å². The molecule has 3 aromatic carbocycles. The Hall–Kier alpha value is -3.51. The Morgan fingerprint density at radius 3 is 2.77 bits per heavy atom. The molecule has 2 heterocycles. The van der Waals surface area contributed by atoms with Crippen molar-refractivity contribution in [1.29, 1.82) is 0 Å². The van der Waals surface area contributed by atoms with E-state index in [1.807, 2.05) is 43.5 Å². The molecule has 0 spiro atoms. The number of nitrogens with zero attached hydrogens (tertiary/aromatic N) is 2. The molecule has 30 heavy (non-hydrogen) atoms. The summed E-state index contributed by atoms with van der Waals surface area (Å²) in [5.41, 5.74) is 5.38. The monoisotopic (exact) mass is 413 g/mol. The lowest BCUT2D eigenvalue weighted by Gasteiger charge is -2.02. The van der Waals surface area contributed by atoms with Gasteiger partial charge in [-0.1, -0.05) is 47.6 Å². The number of carbonyl (C=O) groups excluding carboxylic acids is 1. The van der Waals surface area contributed by atoms with Crippen molar-refractivity contribution in [2.24, 2.45) is 0 Å². The second kappa shape index (κ2) is 7.39. The highest BCUT2D eigenvalue weighted by Gasteiger charge is 2.16. The summed E-state index contributed by atoms with van der Waals surface area (Å²) < 4.78 is 5.44. The summed E-state index contributed by atoms with van der Waals surface area (Å²) in [5.74, 6) is -0.163. The number of anilines is 1. The molecule has 0 unspecified atom stereocenters. The molecule has 0 saturated carbocycles. The van der Waals surface area contributed by atoms with Crippen LogP contribution in [0, 0.1) is 13.8 Å². The van der Waals surface area contributed by atoms with Crippen molar-refractivity contribution in [3.63, 3.8) is 0 Å². The van der Waals surface area contributed by atoms with Crippen LogP contribution < -0.4 is 5.32 Å². The smallest absolute Gasteiger partial charge is 0.232 e. The zero-order chi connectivity index (χ0) is 20.7. The molecule has 0 atom stereocenters. The summed E-state index contributed by atoms with van der Waals surface area (Å²) in [4.78, 5) is 17.2. The third kappa shape index (κ3) is 3.46. The molecule has 5 aromatic rings. The number of hydrogen-bond donors (Lipinski definition) is 1. The fraction of sp³-hybridized carbons (Fsp3) is 0.125. The maximum absolute atomic E-state index is 12.6. The van der Waals surface area contributed by atoms with Crippen molar-refractivity contribution in [2.45, 2.75) is 20.3 Å². The Balaban J connectivity index is 1.34. The predicted molar refractivity (Wildman–Crippen MR) is 121 cm³/mol. The van der Waals surface area contributed by atoms with Crippen LogP contribution in [0.15, 0.2) is 64.5 Å². The van der Waals surface area contributed by atoms with E-state index in [0.717, 1.165) is 38.7 Å². The molecule has 0 radical (unpaired) electrons. The molecule has 1 amide bonds. The number of aromatic nitrogens is 2. The van der Waals surface area contributed by atoms with Gasteiger partial charge in [0.2, 0.25) is 5.91 Å². The Kier molecular flexibility index (Phi) is 4.56. The number of fused-ring (bicyclic) bond motifs is 2. The van der Waals surface area contributed by atoms with Crippen LogP contribution in [0.3, 0.4) is 0 Å². The van der Waals surface area contributed by atoms with Crippen LogP contribution in [0.5, 0.6) is 0 Å². The summed E-state index contributed by atoms with van der Waals surface area (Å²) in [6.07, 6.45) is 0.140. The normalized spacial score (nSPS) is 11.3. The van der Waals surface area contributed by atoms with E-state index in [1.165, 1.54) is 16.7 Å². The van der Waals surface area contributed by atoms with E-state index in [0.29, 0.717) is 10.8 Å². The Bertz CT molecular complexity index is 1400. The quantitative estimate of drug-likeness (QED) is 0.398. The molecular formula is C24H19N3O2S. The average molecular weight is 414 g/mol. The molecule has 6 heteroatoms. The lowest BCUT2D eigenvalue weighted by atomic mass is 10.1. The van der Waals surface area contributed by atoms with Gasteiger partial charge in [-0.05, 0) is 47.9 Å². The molecular weight excluding hydrogens is 394 g/mol. The average Bonchev–Trinajstić information content (AvgIpc) is 3.35. The van der Waals surface area contributed by atoms with Crippen molar-refractivity contribution in [1.82, 2.24) is 10.1 Å². The van der Waals surface area contributed by atoms with Gasteiger partial charge >= 0.3 is 0 Å². The van der Waals surface area contributed by atoms with Crippen molar-refractivity contribution < 1.29 is 9.32 Å². The van der Waals surface area contributed by atoms with E-state index in [1.54, 1.807) is 0 Å². The van der Waals surface area contributed by atoms with Gasteiger partial charge in [-0.2, -0.15) is 0 Å². The highest BCUT2D eigenvalue weighted by Crippen LogP contribution is 2.28. The van der Waals surface area contributed by atoms with Gasteiger partial charge in [0, 0.05) is 16.3 Å². The number of hydrogen-bond acceptors (Lipinski definition) is 5. The van der Waals surface area contributed by atoms with E-state index < -0.39 is 0 Å². The number of benzene rings is 3. The summed E-state index contributed by atoms with van der Waals surface area (Å²) in [7, 11) is 0. The third-order valence-electron chi connectivity index (χ3n) is 5.10. The first-order chi connectivity index (χ1) is 14.6. The minimum Gasteiger partial charge on any atom is -0.356 e. The SMILES string of the molecule is Cc1cc(C)c2onc(CC(=O)Nc3nc(-c4ccc5ccccc5c4)cs3)c2c1. The van der Waals surface area contributed by atoms with Gasteiger partial charge < -0.3 is 9.84 Å². The van der Waals surface area contributed by atoms with Crippen LogP contribution in [0.4, 0.5) is 5.13 Å². The van der Waals surface area contributed by atoms with Gasteiger partial charge in [-0.3, -0.25) is 4.79 Å². The fourth-order valence-corrected chi connectivity index (χ4v) is 4.43. The highest BCUT2D eigenvalue weighted by atomic mass is 32.1. The van der Waals surface area contributed by atoms with E-state index in [-0.39, 0.29) is 12.3 Å². The molecule has 5 rings (SSSR count). The lowest BCUT2D eigenvalue weighted by Crippen LogP contribution is -2.14. The van der Waals surface area contributed by atoms with Gasteiger partial charge in [-0.25, -0.2) is 4.98 Å². The minimum absolute atomic E-state index is 0.140. The van der Waals surface area contributed by atoms with Crippen LogP contribution in [0.1, 0.15) is 16.8 Å². The molecule has 0 aliphatic carbocycles. The molecule has 1 N–H and O–H groups in total. The minimum atomic E-state index is -0.163. The molecule has 0 aliphatic heterocycles. The zero-order valence-corrected chi connectivity index (χ0v) is 17.4. The molecule has 148 valence electrons. The van der Waals surface area contributed by atoms with E-state index >= 15 is 0 Å². The van der Waals surface area contributed by atoms with Gasteiger partial charge in [0.25, 0.3) is 0 Å². The topological polar surface area (TPSA) is 68.0 Å². The Labute approximate surface area is 177 Å². The summed E-state index contributed by atoms with van der Waals surface area (Å²) in [5, 5.41) is 12.8. The van der Waals surface area contributed by atoms with Gasteiger partial charge in [0.15, 0.2) is 10.7 Å². The second-order valence-electron chi connectivity index (χ2n) is 7.41. The fourth-order valence-electron chi connectivity index (χ4n) is 3.70. The second-order valence-corrected chi connectivity index (χ2v) is 8.27. The highest BCUT2D eigenvalue weighted by molar-refractivity contribution is 7.14. The largest absolute Gasteiger partial charge is 0.356 e. The van der Waals surface area contributed by atoms with E-state index in [2.05, 4.69) is 45.8 Å². The standard InChI is InChI=1S/C24H19N3O2S/c1-14-9-15(2)23-19(10-14)20(27-29-23)12-22(28)26-24-25-21(13-30-24)18-8-7-16-5-3-4-6-17(16)11-18/h3-11,13H,12H2,1-2H3,(H,25,26,28). The molecule has 0 bridgehead atoms. The first-order valence-corrected chi connectivity index (χ1v) is 10.5. The van der Waals surface area contributed by atoms with Crippen molar-refractivity contribution >= 4 is 44.1 Å². The first kappa shape index (κ1) is 18.5. The van der Waals surface area contributed by atoms with Crippen molar-refractivity contribution in [3.05, 3.63) is 76.8 Å². The van der Waals surface area contributed by atoms with Gasteiger partial charge in [-0.15, -0.1) is 11.3 Å². The van der Waals surface area contributed by atoms with Gasteiger partial charge in [0.05, 0.1) is 12.1 Å². The van der Waals surface area contributed by atoms with Crippen LogP contribution >= 0.6 is 11.3 Å². The lowest BCUT2D eigenvalue weighted by molar-refractivity contribution is -0.115. The summed E-state index contributed by atoms with van der Waals surface area (Å²) >= 11 is 1.41. The molecule has 0 fully saturated rings. The van der Waals surface area contributed by atoms with Gasteiger partial charge in [0.1, 0.15) is 5.69 Å². The number of aryl methyl sites for hydroxylation is 2. The number of thiazole rings is 1. The Morgan fingerprint density at radius 1 is 1.07 bits per heavy atom. The number of rotatable bonds is 4. The number of nitrogens with one attached hydrogen (secondary N) is 1. The summed E-state index contributed by atoms with van der Waals surface area (Å²) in [6.45, 7) is 4.00. The molecule has 2 aromatic heterocycles. The van der Waals surface area contributed by atoms with Crippen molar-refractivity contribution in [2.75, 3.05) is 5.32 Å². The first-order valence-electron chi connectivity index (χ1n) is 9.67. The molecule has 5 nitrogen and oxygen atoms in total. The molecule has 0 saturated heterocycles. The van der Waals surface area contributed by atoms with Crippen molar-refractivity contribution in [3.8, 4) is 11.3 Å². The predicted octanol–water partition coefficient (Wildman–Crippen LogP) is 5.90. The van der Waals surface area contributed by atoms with Crippen LogP contribution in [-0.4, -0.2) is 16.0 Å². The molecule has 0 aliphatic rings. The Morgan fingerprint density at radius 2 is 1.90 bits per heavy atom. The van der Waals surface area contributed by atoms with E-state index in [4.69, 9.17) is 4.52 Å². The maximum Gasteiger partial charge on any atom is 0.232 e. The number of amides is 1.